The third-order valence-corrected chi connectivity index (χ3v) is 4.15. The quantitative estimate of drug-likeness (QED) is 0.531. The number of hydrogen-bond acceptors (Lipinski definition) is 6. The van der Waals surface area contributed by atoms with Gasteiger partial charge in [0.25, 0.3) is 11.3 Å². The van der Waals surface area contributed by atoms with Crippen LogP contribution in [0.2, 0.25) is 5.02 Å². The maximum Gasteiger partial charge on any atom is 0.274 e. The van der Waals surface area contributed by atoms with Crippen LogP contribution in [-0.4, -0.2) is 19.6 Å². The van der Waals surface area contributed by atoms with Crippen LogP contribution >= 0.6 is 11.6 Å². The lowest BCUT2D eigenvalue weighted by Gasteiger charge is -2.07. The molecule has 0 saturated heterocycles. The van der Waals surface area contributed by atoms with Crippen LogP contribution in [0.25, 0.3) is 17.2 Å². The van der Waals surface area contributed by atoms with Gasteiger partial charge in [0.1, 0.15) is 6.61 Å². The summed E-state index contributed by atoms with van der Waals surface area (Å²) in [7, 11) is 0. The fourth-order valence-electron chi connectivity index (χ4n) is 2.58. The largest absolute Gasteiger partial charge is 0.485 e. The molecule has 9 heteroatoms. The van der Waals surface area contributed by atoms with Gasteiger partial charge in [0.2, 0.25) is 0 Å². The second kappa shape index (κ2) is 7.00. The van der Waals surface area contributed by atoms with Gasteiger partial charge in [-0.15, -0.1) is 4.91 Å². The van der Waals surface area contributed by atoms with Crippen LogP contribution in [0, 0.1) is 4.91 Å². The second-order valence-electron chi connectivity index (χ2n) is 5.63. The summed E-state index contributed by atoms with van der Waals surface area (Å²) in [4.78, 5) is 32.0. The van der Waals surface area contributed by atoms with Crippen LogP contribution in [0.5, 0.6) is 5.75 Å². The number of nitrogens with one attached hydrogen (secondary N) is 1. The minimum atomic E-state index is -0.326. The highest BCUT2D eigenvalue weighted by Crippen LogP contribution is 2.35. The van der Waals surface area contributed by atoms with Gasteiger partial charge in [-0.05, 0) is 17.3 Å². The Balaban J connectivity index is 1.65. The zero-order chi connectivity index (χ0) is 18.8. The second-order valence-corrected chi connectivity index (χ2v) is 6.03. The molecule has 1 N–H and O–H groups in total. The highest BCUT2D eigenvalue weighted by atomic mass is 35.5. The van der Waals surface area contributed by atoms with Gasteiger partial charge >= 0.3 is 0 Å². The molecule has 0 unspecified atom stereocenters. The van der Waals surface area contributed by atoms with Crippen molar-refractivity contribution in [2.75, 3.05) is 0 Å². The van der Waals surface area contributed by atoms with Crippen LogP contribution in [0.3, 0.4) is 0 Å². The van der Waals surface area contributed by atoms with Crippen molar-refractivity contribution in [2.24, 2.45) is 5.18 Å². The molecule has 0 spiro atoms. The normalized spacial score (nSPS) is 10.9. The van der Waals surface area contributed by atoms with Crippen LogP contribution in [-0.2, 0) is 6.61 Å². The van der Waals surface area contributed by atoms with E-state index < -0.39 is 0 Å². The first-order valence-corrected chi connectivity index (χ1v) is 8.32. The van der Waals surface area contributed by atoms with Crippen molar-refractivity contribution < 1.29 is 4.74 Å². The molecule has 2 heterocycles. The molecule has 0 saturated carbocycles. The first-order valence-electron chi connectivity index (χ1n) is 7.94. The highest BCUT2D eigenvalue weighted by molar-refractivity contribution is 6.33. The minimum Gasteiger partial charge on any atom is -0.485 e. The van der Waals surface area contributed by atoms with Crippen LogP contribution < -0.4 is 10.3 Å². The van der Waals surface area contributed by atoms with E-state index in [-0.39, 0.29) is 34.4 Å². The lowest BCUT2D eigenvalue weighted by molar-refractivity contribution is 0.302. The molecular weight excluding hydrogens is 370 g/mol. The Morgan fingerprint density at radius 3 is 2.70 bits per heavy atom. The SMILES string of the molecule is O=Nc1c(Cl)cccc1OCc1cc(=O)n2[nH]c(-c3ccccc3)nc2n1. The van der Waals surface area contributed by atoms with E-state index in [4.69, 9.17) is 16.3 Å². The number of aromatic nitrogens is 4. The van der Waals surface area contributed by atoms with E-state index in [0.717, 1.165) is 5.56 Å². The van der Waals surface area contributed by atoms with Crippen molar-refractivity contribution in [3.8, 4) is 17.1 Å². The van der Waals surface area contributed by atoms with E-state index in [0.29, 0.717) is 11.5 Å². The fraction of sp³-hybridized carbons (Fsp3) is 0.0556. The summed E-state index contributed by atoms with van der Waals surface area (Å²) in [5.41, 5.74) is 0.875. The summed E-state index contributed by atoms with van der Waals surface area (Å²) in [5.74, 6) is 0.965. The Hall–Kier alpha value is -3.52. The first-order chi connectivity index (χ1) is 13.2. The minimum absolute atomic E-state index is 0.00287. The molecule has 8 nitrogen and oxygen atoms in total. The van der Waals surface area contributed by atoms with E-state index in [9.17, 15) is 9.70 Å². The van der Waals surface area contributed by atoms with Crippen molar-refractivity contribution >= 4 is 23.1 Å². The van der Waals surface area contributed by atoms with Crippen LogP contribution in [0.1, 0.15) is 5.69 Å². The fourth-order valence-corrected chi connectivity index (χ4v) is 2.78. The van der Waals surface area contributed by atoms with E-state index in [1.54, 1.807) is 12.1 Å². The van der Waals surface area contributed by atoms with E-state index >= 15 is 0 Å². The van der Waals surface area contributed by atoms with Gasteiger partial charge in [0, 0.05) is 11.6 Å². The summed E-state index contributed by atoms with van der Waals surface area (Å²) >= 11 is 5.92. The number of halogens is 1. The third kappa shape index (κ3) is 3.30. The number of benzene rings is 2. The summed E-state index contributed by atoms with van der Waals surface area (Å²) in [6, 6.07) is 15.5. The molecule has 0 aliphatic carbocycles. The van der Waals surface area contributed by atoms with Crippen molar-refractivity contribution in [1.29, 1.82) is 0 Å². The molecule has 0 atom stereocenters. The Kier molecular flexibility index (Phi) is 4.39. The molecule has 0 amide bonds. The number of H-pyrrole nitrogens is 1. The monoisotopic (exact) mass is 381 g/mol. The molecule has 0 fully saturated rings. The summed E-state index contributed by atoms with van der Waals surface area (Å²) in [5, 5.41) is 5.98. The van der Waals surface area contributed by atoms with Crippen molar-refractivity contribution in [3.05, 3.63) is 80.6 Å². The Labute approximate surface area is 157 Å². The van der Waals surface area contributed by atoms with Gasteiger partial charge in [-0.3, -0.25) is 9.89 Å². The number of fused-ring (bicyclic) bond motifs is 1. The average Bonchev–Trinajstić information content (AvgIpc) is 3.12. The van der Waals surface area contributed by atoms with Gasteiger partial charge in [0.15, 0.2) is 17.3 Å². The lowest BCUT2D eigenvalue weighted by atomic mass is 10.2. The third-order valence-electron chi connectivity index (χ3n) is 3.85. The number of nitrogens with zero attached hydrogens (tertiary/aromatic N) is 4. The molecule has 0 radical (unpaired) electrons. The van der Waals surface area contributed by atoms with E-state index in [1.165, 1.54) is 16.6 Å². The summed E-state index contributed by atoms with van der Waals surface area (Å²) in [6.45, 7) is -0.0396. The Morgan fingerprint density at radius 1 is 1.11 bits per heavy atom. The standard InChI is InChI=1S/C18H12ClN5O3/c19-13-7-4-8-14(16(13)23-26)27-10-12-9-15(25)24-18(20-12)21-17(22-24)11-5-2-1-3-6-11/h1-9H,10H2,(H,20,21,22). The number of nitroso groups, excluding NO2 is 1. The molecule has 4 aromatic rings. The molecule has 2 aromatic heterocycles. The van der Waals surface area contributed by atoms with Gasteiger partial charge in [-0.2, -0.15) is 9.50 Å². The van der Waals surface area contributed by atoms with Crippen molar-refractivity contribution in [1.82, 2.24) is 19.6 Å². The maximum atomic E-state index is 12.3. The number of hydrogen-bond donors (Lipinski definition) is 1. The summed E-state index contributed by atoms with van der Waals surface area (Å²) in [6.07, 6.45) is 0. The zero-order valence-corrected chi connectivity index (χ0v) is 14.6. The topological polar surface area (TPSA) is 102 Å². The van der Waals surface area contributed by atoms with Gasteiger partial charge < -0.3 is 4.74 Å². The number of aromatic amines is 1. The molecular formula is C18H12ClN5O3. The molecule has 2 aromatic carbocycles. The van der Waals surface area contributed by atoms with Crippen LogP contribution in [0.4, 0.5) is 5.69 Å². The van der Waals surface area contributed by atoms with E-state index in [2.05, 4.69) is 20.2 Å². The van der Waals surface area contributed by atoms with Crippen molar-refractivity contribution in [3.63, 3.8) is 0 Å². The van der Waals surface area contributed by atoms with Gasteiger partial charge in [0.05, 0.1) is 10.7 Å². The Bertz CT molecular complexity index is 1190. The number of rotatable bonds is 5. The smallest absolute Gasteiger partial charge is 0.274 e. The average molecular weight is 382 g/mol. The highest BCUT2D eigenvalue weighted by Gasteiger charge is 2.12. The van der Waals surface area contributed by atoms with Gasteiger partial charge in [-0.1, -0.05) is 48.0 Å². The zero-order valence-electron chi connectivity index (χ0n) is 13.8. The molecule has 134 valence electrons. The molecule has 4 rings (SSSR count). The lowest BCUT2D eigenvalue weighted by Crippen LogP contribution is -2.16. The predicted molar refractivity (Wildman–Crippen MR) is 100 cm³/mol. The molecule has 27 heavy (non-hydrogen) atoms. The maximum absolute atomic E-state index is 12.3. The Morgan fingerprint density at radius 2 is 1.93 bits per heavy atom. The molecule has 0 aliphatic heterocycles. The van der Waals surface area contributed by atoms with Crippen LogP contribution in [0.15, 0.2) is 64.6 Å². The number of ether oxygens (including phenoxy) is 1. The summed E-state index contributed by atoms with van der Waals surface area (Å²) < 4.78 is 6.82. The molecule has 0 bridgehead atoms. The van der Waals surface area contributed by atoms with Crippen molar-refractivity contribution in [2.45, 2.75) is 6.61 Å². The predicted octanol–water partition coefficient (Wildman–Crippen LogP) is 3.71. The van der Waals surface area contributed by atoms with Gasteiger partial charge in [-0.25, -0.2) is 4.98 Å². The van der Waals surface area contributed by atoms with E-state index in [1.807, 2.05) is 30.3 Å². The molecule has 0 aliphatic rings. The first kappa shape index (κ1) is 16.9.